The molecule has 0 saturated carbocycles. The normalized spacial score (nSPS) is 17.1. The molecule has 0 radical (unpaired) electrons. The highest BCUT2D eigenvalue weighted by Gasteiger charge is 2.34. The zero-order chi connectivity index (χ0) is 20.1. The maximum Gasteiger partial charge on any atom is 0.267 e. The van der Waals surface area contributed by atoms with Gasteiger partial charge in [0, 0.05) is 4.88 Å². The molecule has 0 N–H and O–H groups in total. The minimum absolute atomic E-state index is 0.132. The molecule has 1 fully saturated rings. The minimum Gasteiger partial charge on any atom is -0.497 e. The summed E-state index contributed by atoms with van der Waals surface area (Å²) >= 11 is 2.87. The average molecular weight is 424 g/mol. The van der Waals surface area contributed by atoms with Crippen molar-refractivity contribution in [2.24, 2.45) is 10.2 Å². The van der Waals surface area contributed by atoms with Gasteiger partial charge in [0.2, 0.25) is 0 Å². The lowest BCUT2D eigenvalue weighted by atomic mass is 10.2. The van der Waals surface area contributed by atoms with Crippen molar-refractivity contribution in [3.05, 3.63) is 81.3 Å². The monoisotopic (exact) mass is 423 g/mol. The Morgan fingerprint density at radius 3 is 2.72 bits per heavy atom. The number of hydrogen-bond acceptors (Lipinski definition) is 7. The smallest absolute Gasteiger partial charge is 0.267 e. The van der Waals surface area contributed by atoms with E-state index >= 15 is 0 Å². The van der Waals surface area contributed by atoms with Crippen LogP contribution in [0.15, 0.2) is 79.7 Å². The summed E-state index contributed by atoms with van der Waals surface area (Å²) in [5.41, 5.74) is 0.905. The molecule has 0 bridgehead atoms. The van der Waals surface area contributed by atoms with Crippen LogP contribution in [0.3, 0.4) is 0 Å². The number of hydrogen-bond donors (Lipinski definition) is 0. The molecule has 3 aromatic rings. The van der Waals surface area contributed by atoms with Gasteiger partial charge in [-0.05, 0) is 59.1 Å². The van der Waals surface area contributed by atoms with Gasteiger partial charge in [-0.15, -0.1) is 16.4 Å². The zero-order valence-electron chi connectivity index (χ0n) is 15.5. The van der Waals surface area contributed by atoms with Crippen molar-refractivity contribution in [3.63, 3.8) is 0 Å². The number of rotatable bonds is 6. The van der Waals surface area contributed by atoms with Crippen molar-refractivity contribution >= 4 is 46.5 Å². The third-order valence-corrected chi connectivity index (χ3v) is 5.87. The lowest BCUT2D eigenvalue weighted by molar-refractivity contribution is -0.122. The van der Waals surface area contributed by atoms with Gasteiger partial charge in [0.1, 0.15) is 11.5 Å². The van der Waals surface area contributed by atoms with Crippen LogP contribution in [0.4, 0.5) is 0 Å². The molecule has 1 aliphatic heterocycles. The summed E-state index contributed by atoms with van der Waals surface area (Å²) in [6, 6.07) is 15.1. The first-order valence-electron chi connectivity index (χ1n) is 8.75. The van der Waals surface area contributed by atoms with Gasteiger partial charge in [0.25, 0.3) is 5.91 Å². The van der Waals surface area contributed by atoms with Crippen LogP contribution in [-0.4, -0.2) is 29.3 Å². The van der Waals surface area contributed by atoms with Crippen molar-refractivity contribution in [3.8, 4) is 5.75 Å². The number of benzene rings is 1. The van der Waals surface area contributed by atoms with Gasteiger partial charge >= 0.3 is 0 Å². The van der Waals surface area contributed by atoms with Gasteiger partial charge < -0.3 is 9.15 Å². The van der Waals surface area contributed by atoms with E-state index in [1.165, 1.54) is 11.8 Å². The first-order valence-corrected chi connectivity index (χ1v) is 10.4. The van der Waals surface area contributed by atoms with Crippen molar-refractivity contribution in [1.29, 1.82) is 0 Å². The molecule has 4 rings (SSSR count). The van der Waals surface area contributed by atoms with Gasteiger partial charge in [0.05, 0.1) is 31.0 Å². The highest BCUT2D eigenvalue weighted by Crippen LogP contribution is 2.34. The largest absolute Gasteiger partial charge is 0.497 e. The van der Waals surface area contributed by atoms with Crippen LogP contribution in [0, 0.1) is 0 Å². The number of methoxy groups -OCH3 is 1. The highest BCUT2D eigenvalue weighted by molar-refractivity contribution is 8.18. The van der Waals surface area contributed by atoms with Gasteiger partial charge in [-0.25, -0.2) is 0 Å². The summed E-state index contributed by atoms with van der Waals surface area (Å²) in [4.78, 5) is 16.1. The van der Waals surface area contributed by atoms with Crippen molar-refractivity contribution in [2.75, 3.05) is 7.11 Å². The SMILES string of the molecule is COc1ccc(/C=C2\S/C(=N\N=C\c3cccs3)N(Cc3ccco3)C2=O)cc1. The Balaban J connectivity index is 1.60. The Morgan fingerprint density at radius 2 is 2.03 bits per heavy atom. The summed E-state index contributed by atoms with van der Waals surface area (Å²) in [7, 11) is 1.62. The van der Waals surface area contributed by atoms with Crippen molar-refractivity contribution < 1.29 is 13.9 Å². The molecule has 1 aliphatic rings. The number of nitrogens with zero attached hydrogens (tertiary/aromatic N) is 3. The van der Waals surface area contributed by atoms with Crippen LogP contribution >= 0.6 is 23.1 Å². The van der Waals surface area contributed by atoms with Gasteiger partial charge in [0.15, 0.2) is 5.17 Å². The van der Waals surface area contributed by atoms with Crippen molar-refractivity contribution in [2.45, 2.75) is 6.54 Å². The van der Waals surface area contributed by atoms with Gasteiger partial charge in [-0.1, -0.05) is 18.2 Å². The number of carbonyl (C=O) groups excluding carboxylic acids is 1. The fourth-order valence-corrected chi connectivity index (χ4v) is 4.15. The van der Waals surface area contributed by atoms with Gasteiger partial charge in [-0.3, -0.25) is 9.69 Å². The summed E-state index contributed by atoms with van der Waals surface area (Å²) in [6.45, 7) is 0.298. The molecule has 0 atom stereocenters. The topological polar surface area (TPSA) is 67.4 Å². The van der Waals surface area contributed by atoms with E-state index in [2.05, 4.69) is 10.2 Å². The Kier molecular flexibility index (Phi) is 5.92. The number of thiophene rings is 1. The quantitative estimate of drug-likeness (QED) is 0.323. The van der Waals surface area contributed by atoms with E-state index in [-0.39, 0.29) is 5.91 Å². The predicted molar refractivity (Wildman–Crippen MR) is 117 cm³/mol. The third kappa shape index (κ3) is 4.67. The summed E-state index contributed by atoms with van der Waals surface area (Å²) in [6.07, 6.45) is 5.11. The number of amides is 1. The fourth-order valence-electron chi connectivity index (χ4n) is 2.63. The molecular formula is C21H17N3O3S2. The molecule has 29 heavy (non-hydrogen) atoms. The Hall–Kier alpha value is -3.10. The molecule has 1 saturated heterocycles. The summed E-state index contributed by atoms with van der Waals surface area (Å²) in [5.74, 6) is 1.31. The Labute approximate surface area is 176 Å². The van der Waals surface area contributed by atoms with Crippen LogP contribution in [-0.2, 0) is 11.3 Å². The second kappa shape index (κ2) is 8.93. The van der Waals surface area contributed by atoms with E-state index in [9.17, 15) is 4.79 Å². The van der Waals surface area contributed by atoms with E-state index in [0.29, 0.717) is 22.4 Å². The summed E-state index contributed by atoms with van der Waals surface area (Å²) in [5, 5.41) is 10.9. The number of ether oxygens (including phenoxy) is 1. The second-order valence-corrected chi connectivity index (χ2v) is 7.99. The van der Waals surface area contributed by atoms with Crippen LogP contribution < -0.4 is 4.74 Å². The predicted octanol–water partition coefficient (Wildman–Crippen LogP) is 4.86. The van der Waals surface area contributed by atoms with E-state index < -0.39 is 0 Å². The molecule has 1 amide bonds. The van der Waals surface area contributed by atoms with E-state index in [0.717, 1.165) is 16.2 Å². The van der Waals surface area contributed by atoms with Crippen molar-refractivity contribution in [1.82, 2.24) is 4.90 Å². The average Bonchev–Trinajstić information content (AvgIpc) is 3.49. The van der Waals surface area contributed by atoms with E-state index in [1.807, 2.05) is 53.9 Å². The second-order valence-electron chi connectivity index (χ2n) is 6.00. The molecular weight excluding hydrogens is 406 g/mol. The molecule has 0 spiro atoms. The van der Waals surface area contributed by atoms with Crippen LogP contribution in [0.5, 0.6) is 5.75 Å². The maximum absolute atomic E-state index is 13.0. The molecule has 146 valence electrons. The third-order valence-electron chi connectivity index (χ3n) is 4.07. The van der Waals surface area contributed by atoms with E-state index in [1.54, 1.807) is 41.9 Å². The molecule has 2 aromatic heterocycles. The molecule has 8 heteroatoms. The number of thioether (sulfide) groups is 1. The maximum atomic E-state index is 13.0. The number of amidine groups is 1. The fraction of sp³-hybridized carbons (Fsp3) is 0.0952. The molecule has 0 aliphatic carbocycles. The molecule has 1 aromatic carbocycles. The Bertz CT molecular complexity index is 1050. The lowest BCUT2D eigenvalue weighted by Gasteiger charge is -2.12. The van der Waals surface area contributed by atoms with Gasteiger partial charge in [-0.2, -0.15) is 5.10 Å². The Morgan fingerprint density at radius 1 is 1.17 bits per heavy atom. The van der Waals surface area contributed by atoms with Crippen LogP contribution in [0.2, 0.25) is 0 Å². The highest BCUT2D eigenvalue weighted by atomic mass is 32.2. The number of carbonyl (C=O) groups is 1. The molecule has 3 heterocycles. The molecule has 6 nitrogen and oxygen atoms in total. The minimum atomic E-state index is -0.132. The van der Waals surface area contributed by atoms with Crippen LogP contribution in [0.1, 0.15) is 16.2 Å². The first kappa shape index (κ1) is 19.2. The standard InChI is InChI=1S/C21H17N3O3S2/c1-26-16-8-6-15(7-9-16)12-19-20(25)24(14-17-4-2-10-27-17)21(29-19)23-22-13-18-5-3-11-28-18/h2-13H,14H2,1H3/b19-12-,22-13+,23-21-. The molecule has 0 unspecified atom stereocenters. The zero-order valence-corrected chi connectivity index (χ0v) is 17.2. The lowest BCUT2D eigenvalue weighted by Crippen LogP contribution is -2.28. The summed E-state index contributed by atoms with van der Waals surface area (Å²) < 4.78 is 10.6. The van der Waals surface area contributed by atoms with E-state index in [4.69, 9.17) is 9.15 Å². The van der Waals surface area contributed by atoms with Crippen LogP contribution in [0.25, 0.3) is 6.08 Å². The number of furan rings is 1. The first-order chi connectivity index (χ1) is 14.2.